The highest BCUT2D eigenvalue weighted by Gasteiger charge is 2.20. The molecule has 0 aromatic carbocycles. The summed E-state index contributed by atoms with van der Waals surface area (Å²) in [6, 6.07) is 14.6. The van der Waals surface area contributed by atoms with Crippen molar-refractivity contribution in [1.29, 1.82) is 0 Å². The number of nitrogens with zero attached hydrogens (tertiary/aromatic N) is 3. The van der Waals surface area contributed by atoms with E-state index in [0.29, 0.717) is 12.6 Å². The Balaban J connectivity index is 0.00000256. The van der Waals surface area contributed by atoms with Crippen LogP contribution in [0.3, 0.4) is 0 Å². The van der Waals surface area contributed by atoms with Crippen LogP contribution in [0.15, 0.2) is 69.7 Å². The van der Waals surface area contributed by atoms with Gasteiger partial charge in [-0.15, -0.1) is 35.3 Å². The van der Waals surface area contributed by atoms with E-state index in [1.807, 2.05) is 30.5 Å². The molecule has 30 heavy (non-hydrogen) atoms. The summed E-state index contributed by atoms with van der Waals surface area (Å²) >= 11 is 1.74. The minimum atomic E-state index is 0. The number of halogens is 1. The van der Waals surface area contributed by atoms with Gasteiger partial charge in [0, 0.05) is 43.2 Å². The van der Waals surface area contributed by atoms with Crippen molar-refractivity contribution < 1.29 is 4.42 Å². The third-order valence-electron chi connectivity index (χ3n) is 5.03. The van der Waals surface area contributed by atoms with Crippen LogP contribution in [0.25, 0.3) is 0 Å². The maximum Gasteiger partial charge on any atom is 0.191 e. The van der Waals surface area contributed by atoms with Crippen LogP contribution >= 0.6 is 35.3 Å². The van der Waals surface area contributed by atoms with Crippen LogP contribution in [0.2, 0.25) is 0 Å². The average Bonchev–Trinajstić information content (AvgIpc) is 3.47. The second-order valence-electron chi connectivity index (χ2n) is 7.09. The summed E-state index contributed by atoms with van der Waals surface area (Å²) in [5.74, 6) is 2.93. The molecule has 1 fully saturated rings. The number of pyridine rings is 1. The van der Waals surface area contributed by atoms with Crippen molar-refractivity contribution in [3.05, 3.63) is 70.9 Å². The normalized spacial score (nSPS) is 14.9. The molecule has 8 heteroatoms. The number of guanidine groups is 1. The lowest BCUT2D eigenvalue weighted by Crippen LogP contribution is -2.49. The number of furan rings is 1. The predicted octanol–water partition coefficient (Wildman–Crippen LogP) is 4.30. The lowest BCUT2D eigenvalue weighted by Gasteiger charge is -2.33. The first-order valence-electron chi connectivity index (χ1n) is 10.1. The number of anilines is 1. The molecule has 160 valence electrons. The smallest absolute Gasteiger partial charge is 0.191 e. The van der Waals surface area contributed by atoms with Crippen LogP contribution in [0, 0.1) is 0 Å². The first-order valence-corrected chi connectivity index (χ1v) is 11.0. The van der Waals surface area contributed by atoms with E-state index < -0.39 is 0 Å². The maximum absolute atomic E-state index is 5.43. The van der Waals surface area contributed by atoms with Crippen molar-refractivity contribution in [3.8, 4) is 0 Å². The fraction of sp³-hybridized carbons (Fsp3) is 0.364. The average molecular weight is 537 g/mol. The second-order valence-corrected chi connectivity index (χ2v) is 8.13. The SMILES string of the molecule is I.c1ccc(N2CCC(NC(=NCc3cccs3)NCCc3ccco3)CC2)nc1. The summed E-state index contributed by atoms with van der Waals surface area (Å²) in [7, 11) is 0. The van der Waals surface area contributed by atoms with Gasteiger partial charge in [-0.1, -0.05) is 12.1 Å². The van der Waals surface area contributed by atoms with Crippen molar-refractivity contribution in [2.45, 2.75) is 31.8 Å². The number of hydrogen-bond donors (Lipinski definition) is 2. The van der Waals surface area contributed by atoms with Crippen LogP contribution in [0.1, 0.15) is 23.5 Å². The maximum atomic E-state index is 5.43. The third-order valence-corrected chi connectivity index (χ3v) is 5.89. The van der Waals surface area contributed by atoms with Gasteiger partial charge >= 0.3 is 0 Å². The topological polar surface area (TPSA) is 65.7 Å². The fourth-order valence-electron chi connectivity index (χ4n) is 3.46. The molecule has 0 aliphatic carbocycles. The van der Waals surface area contributed by atoms with Crippen LogP contribution in [-0.4, -0.2) is 36.6 Å². The van der Waals surface area contributed by atoms with Gasteiger partial charge in [0.15, 0.2) is 5.96 Å². The van der Waals surface area contributed by atoms with Crippen LogP contribution in [0.5, 0.6) is 0 Å². The summed E-state index contributed by atoms with van der Waals surface area (Å²) in [6.07, 6.45) is 6.54. The molecule has 1 aliphatic rings. The summed E-state index contributed by atoms with van der Waals surface area (Å²) in [5.41, 5.74) is 0. The Bertz CT molecular complexity index is 862. The van der Waals surface area contributed by atoms with Gasteiger partial charge in [-0.25, -0.2) is 9.98 Å². The highest BCUT2D eigenvalue weighted by molar-refractivity contribution is 14.0. The molecule has 4 heterocycles. The number of aliphatic imine (C=N–C) groups is 1. The Hall–Kier alpha value is -2.07. The molecule has 6 nitrogen and oxygen atoms in total. The standard InChI is InChI=1S/C22H27N5OS.HI/c1-2-11-23-21(7-1)27-13-9-18(10-14-27)26-22(25-17-20-6-4-16-29-20)24-12-8-19-5-3-15-28-19;/h1-7,11,15-16,18H,8-10,12-14,17H2,(H2,24,25,26);1H. The lowest BCUT2D eigenvalue weighted by atomic mass is 10.1. The molecule has 0 unspecified atom stereocenters. The number of thiophene rings is 1. The Kier molecular flexibility index (Phi) is 9.00. The molecule has 0 atom stereocenters. The van der Waals surface area contributed by atoms with Gasteiger partial charge in [-0.05, 0) is 48.6 Å². The molecule has 1 saturated heterocycles. The summed E-state index contributed by atoms with van der Waals surface area (Å²) < 4.78 is 5.43. The molecule has 0 saturated carbocycles. The molecule has 3 aromatic rings. The first kappa shape index (κ1) is 22.6. The zero-order valence-corrected chi connectivity index (χ0v) is 20.0. The molecule has 0 spiro atoms. The van der Waals surface area contributed by atoms with E-state index in [2.05, 4.69) is 44.1 Å². The summed E-state index contributed by atoms with van der Waals surface area (Å²) in [6.45, 7) is 3.48. The lowest BCUT2D eigenvalue weighted by molar-refractivity contribution is 0.458. The summed E-state index contributed by atoms with van der Waals surface area (Å²) in [5, 5.41) is 9.20. The van der Waals surface area contributed by atoms with Crippen molar-refractivity contribution in [1.82, 2.24) is 15.6 Å². The monoisotopic (exact) mass is 537 g/mol. The Morgan fingerprint density at radius 1 is 1.17 bits per heavy atom. The second kappa shape index (κ2) is 11.9. The molecule has 2 N–H and O–H groups in total. The number of rotatable bonds is 7. The Labute approximate surface area is 198 Å². The van der Waals surface area contributed by atoms with Gasteiger partial charge in [0.25, 0.3) is 0 Å². The van der Waals surface area contributed by atoms with E-state index in [4.69, 9.17) is 9.41 Å². The van der Waals surface area contributed by atoms with E-state index in [1.165, 1.54) is 4.88 Å². The van der Waals surface area contributed by atoms with E-state index >= 15 is 0 Å². The van der Waals surface area contributed by atoms with Gasteiger partial charge in [0.2, 0.25) is 0 Å². The van der Waals surface area contributed by atoms with Crippen molar-refractivity contribution in [3.63, 3.8) is 0 Å². The Morgan fingerprint density at radius 3 is 2.77 bits per heavy atom. The highest BCUT2D eigenvalue weighted by atomic mass is 127. The van der Waals surface area contributed by atoms with E-state index in [1.54, 1.807) is 17.6 Å². The van der Waals surface area contributed by atoms with E-state index in [-0.39, 0.29) is 24.0 Å². The van der Waals surface area contributed by atoms with Gasteiger partial charge < -0.3 is 20.0 Å². The number of piperidine rings is 1. The zero-order valence-electron chi connectivity index (χ0n) is 16.9. The minimum Gasteiger partial charge on any atom is -0.469 e. The van der Waals surface area contributed by atoms with E-state index in [9.17, 15) is 0 Å². The molecule has 1 aliphatic heterocycles. The third kappa shape index (κ3) is 6.73. The van der Waals surface area contributed by atoms with Crippen LogP contribution in [-0.2, 0) is 13.0 Å². The minimum absolute atomic E-state index is 0. The highest BCUT2D eigenvalue weighted by Crippen LogP contribution is 2.17. The largest absolute Gasteiger partial charge is 0.469 e. The molecule has 3 aromatic heterocycles. The number of aromatic nitrogens is 1. The molecule has 0 bridgehead atoms. The molecule has 0 amide bonds. The summed E-state index contributed by atoms with van der Waals surface area (Å²) in [4.78, 5) is 12.9. The van der Waals surface area contributed by atoms with Gasteiger partial charge in [-0.3, -0.25) is 0 Å². The Morgan fingerprint density at radius 2 is 2.07 bits per heavy atom. The van der Waals surface area contributed by atoms with Gasteiger partial charge in [-0.2, -0.15) is 0 Å². The van der Waals surface area contributed by atoms with Crippen molar-refractivity contribution in [2.24, 2.45) is 4.99 Å². The van der Waals surface area contributed by atoms with Crippen LogP contribution in [0.4, 0.5) is 5.82 Å². The van der Waals surface area contributed by atoms with E-state index in [0.717, 1.165) is 56.4 Å². The number of nitrogens with one attached hydrogen (secondary N) is 2. The quantitative estimate of drug-likeness (QED) is 0.267. The van der Waals surface area contributed by atoms with Gasteiger partial charge in [0.05, 0.1) is 12.8 Å². The zero-order chi connectivity index (χ0) is 19.7. The number of hydrogen-bond acceptors (Lipinski definition) is 5. The van der Waals surface area contributed by atoms with Gasteiger partial charge in [0.1, 0.15) is 11.6 Å². The first-order chi connectivity index (χ1) is 14.4. The molecular weight excluding hydrogens is 509 g/mol. The van der Waals surface area contributed by atoms with Crippen molar-refractivity contribution >= 4 is 47.1 Å². The fourth-order valence-corrected chi connectivity index (χ4v) is 4.09. The molecule has 4 rings (SSSR count). The van der Waals surface area contributed by atoms with Crippen LogP contribution < -0.4 is 15.5 Å². The predicted molar refractivity (Wildman–Crippen MR) is 134 cm³/mol. The molecular formula is C22H28IN5OS. The molecule has 0 radical (unpaired) electrons. The van der Waals surface area contributed by atoms with Crippen molar-refractivity contribution in [2.75, 3.05) is 24.5 Å².